The maximum Gasteiger partial charge on any atom is 0.338 e. The van der Waals surface area contributed by atoms with E-state index in [1.54, 1.807) is 14.0 Å². The van der Waals surface area contributed by atoms with Crippen LogP contribution >= 0.6 is 0 Å². The van der Waals surface area contributed by atoms with E-state index in [1.165, 1.54) is 0 Å². The Morgan fingerprint density at radius 2 is 1.92 bits per heavy atom. The largest absolute Gasteiger partial charge is 0.495 e. The molecule has 0 saturated carbocycles. The number of esters is 1. The maximum absolute atomic E-state index is 12.5. The van der Waals surface area contributed by atoms with Gasteiger partial charge in [-0.2, -0.15) is 0 Å². The monoisotopic (exact) mass is 321 g/mol. The van der Waals surface area contributed by atoms with Crippen LogP contribution in [0.2, 0.25) is 0 Å². The molecular weight excluding hydrogens is 302 g/mol. The molecule has 1 aromatic heterocycles. The number of rotatable bonds is 5. The molecule has 2 aromatic carbocycles. The lowest BCUT2D eigenvalue weighted by molar-refractivity contribution is -0.136. The first kappa shape index (κ1) is 15.9. The van der Waals surface area contributed by atoms with E-state index in [1.807, 2.05) is 60.8 Å². The Bertz CT molecular complexity index is 878. The minimum Gasteiger partial charge on any atom is -0.495 e. The van der Waals surface area contributed by atoms with Gasteiger partial charge in [0.2, 0.25) is 0 Å². The van der Waals surface area contributed by atoms with Gasteiger partial charge in [0, 0.05) is 11.6 Å². The third-order valence-corrected chi connectivity index (χ3v) is 3.80. The SMILES string of the molecule is CCOC(=O)C(=Cc1ccccc1)c1ccc(OC)c2[nH]ccc12. The summed E-state index contributed by atoms with van der Waals surface area (Å²) in [6.45, 7) is 2.13. The molecule has 3 aromatic rings. The van der Waals surface area contributed by atoms with E-state index in [-0.39, 0.29) is 5.97 Å². The van der Waals surface area contributed by atoms with Gasteiger partial charge < -0.3 is 14.5 Å². The van der Waals surface area contributed by atoms with Gasteiger partial charge in [-0.3, -0.25) is 0 Å². The molecular formula is C20H19NO3. The van der Waals surface area contributed by atoms with Crippen molar-refractivity contribution in [1.29, 1.82) is 0 Å². The smallest absolute Gasteiger partial charge is 0.338 e. The maximum atomic E-state index is 12.5. The van der Waals surface area contributed by atoms with Gasteiger partial charge in [-0.1, -0.05) is 30.3 Å². The predicted octanol–water partition coefficient (Wildman–Crippen LogP) is 4.28. The zero-order valence-electron chi connectivity index (χ0n) is 13.7. The quantitative estimate of drug-likeness (QED) is 0.433. The highest BCUT2D eigenvalue weighted by Crippen LogP contribution is 2.32. The Hall–Kier alpha value is -3.01. The van der Waals surface area contributed by atoms with Crippen LogP contribution in [0.15, 0.2) is 54.7 Å². The number of aromatic nitrogens is 1. The highest BCUT2D eigenvalue weighted by Gasteiger charge is 2.18. The molecule has 24 heavy (non-hydrogen) atoms. The molecule has 0 aliphatic rings. The van der Waals surface area contributed by atoms with Crippen molar-refractivity contribution < 1.29 is 14.3 Å². The summed E-state index contributed by atoms with van der Waals surface area (Å²) in [5.74, 6) is 0.399. The van der Waals surface area contributed by atoms with Crippen LogP contribution in [0, 0.1) is 0 Å². The molecule has 1 heterocycles. The first-order valence-corrected chi connectivity index (χ1v) is 7.83. The van der Waals surface area contributed by atoms with E-state index in [0.717, 1.165) is 27.8 Å². The summed E-state index contributed by atoms with van der Waals surface area (Å²) in [7, 11) is 1.63. The topological polar surface area (TPSA) is 51.3 Å². The number of nitrogens with one attached hydrogen (secondary N) is 1. The highest BCUT2D eigenvalue weighted by atomic mass is 16.5. The number of aromatic amines is 1. The lowest BCUT2D eigenvalue weighted by atomic mass is 9.99. The van der Waals surface area contributed by atoms with Gasteiger partial charge in [-0.05, 0) is 42.3 Å². The molecule has 0 unspecified atom stereocenters. The van der Waals surface area contributed by atoms with Crippen molar-refractivity contribution in [3.8, 4) is 5.75 Å². The molecule has 0 bridgehead atoms. The van der Waals surface area contributed by atoms with Gasteiger partial charge in [0.15, 0.2) is 0 Å². The van der Waals surface area contributed by atoms with Crippen LogP contribution in [0.3, 0.4) is 0 Å². The molecule has 122 valence electrons. The van der Waals surface area contributed by atoms with E-state index in [4.69, 9.17) is 9.47 Å². The third kappa shape index (κ3) is 3.04. The summed E-state index contributed by atoms with van der Waals surface area (Å²) < 4.78 is 10.6. The molecule has 0 aliphatic carbocycles. The Morgan fingerprint density at radius 1 is 1.12 bits per heavy atom. The van der Waals surface area contributed by atoms with Gasteiger partial charge in [0.05, 0.1) is 24.8 Å². The number of carbonyl (C=O) groups is 1. The summed E-state index contributed by atoms with van der Waals surface area (Å²) in [4.78, 5) is 15.7. The average Bonchev–Trinajstić information content (AvgIpc) is 3.10. The van der Waals surface area contributed by atoms with Crippen molar-refractivity contribution in [3.63, 3.8) is 0 Å². The van der Waals surface area contributed by atoms with Crippen molar-refractivity contribution in [2.75, 3.05) is 13.7 Å². The number of benzene rings is 2. The second-order valence-electron chi connectivity index (χ2n) is 5.27. The first-order valence-electron chi connectivity index (χ1n) is 7.83. The van der Waals surface area contributed by atoms with E-state index >= 15 is 0 Å². The van der Waals surface area contributed by atoms with Gasteiger partial charge in [0.25, 0.3) is 0 Å². The lowest BCUT2D eigenvalue weighted by Gasteiger charge is -2.11. The fourth-order valence-corrected chi connectivity index (χ4v) is 2.71. The number of carbonyl (C=O) groups excluding carboxylic acids is 1. The van der Waals surface area contributed by atoms with E-state index < -0.39 is 0 Å². The Labute approximate surface area is 140 Å². The van der Waals surface area contributed by atoms with E-state index in [0.29, 0.717) is 12.2 Å². The zero-order valence-corrected chi connectivity index (χ0v) is 13.7. The van der Waals surface area contributed by atoms with E-state index in [9.17, 15) is 4.79 Å². The third-order valence-electron chi connectivity index (χ3n) is 3.80. The molecule has 0 amide bonds. The minimum atomic E-state index is -0.339. The Balaban J connectivity index is 2.18. The van der Waals surface area contributed by atoms with Crippen LogP contribution in [-0.2, 0) is 9.53 Å². The molecule has 4 nitrogen and oxygen atoms in total. The standard InChI is InChI=1S/C20H19NO3/c1-3-24-20(22)17(13-14-7-5-4-6-8-14)15-9-10-18(23-2)19-16(15)11-12-21-19/h4-13,21H,3H2,1-2H3. The fourth-order valence-electron chi connectivity index (χ4n) is 2.71. The summed E-state index contributed by atoms with van der Waals surface area (Å²) in [6, 6.07) is 15.4. The van der Waals surface area contributed by atoms with Gasteiger partial charge in [0.1, 0.15) is 5.75 Å². The molecule has 0 atom stereocenters. The van der Waals surface area contributed by atoms with Crippen molar-refractivity contribution in [3.05, 3.63) is 65.9 Å². The van der Waals surface area contributed by atoms with Gasteiger partial charge in [-0.15, -0.1) is 0 Å². The molecule has 0 aliphatic heterocycles. The predicted molar refractivity (Wildman–Crippen MR) is 95.8 cm³/mol. The highest BCUT2D eigenvalue weighted by molar-refractivity contribution is 6.24. The lowest BCUT2D eigenvalue weighted by Crippen LogP contribution is -2.07. The molecule has 0 radical (unpaired) electrons. The molecule has 0 saturated heterocycles. The Morgan fingerprint density at radius 3 is 2.62 bits per heavy atom. The van der Waals surface area contributed by atoms with Crippen LogP contribution in [-0.4, -0.2) is 24.7 Å². The number of methoxy groups -OCH3 is 1. The summed E-state index contributed by atoms with van der Waals surface area (Å²) in [5.41, 5.74) is 3.14. The number of ether oxygens (including phenoxy) is 2. The molecule has 0 fully saturated rings. The summed E-state index contributed by atoms with van der Waals surface area (Å²) >= 11 is 0. The van der Waals surface area contributed by atoms with Crippen molar-refractivity contribution in [1.82, 2.24) is 4.98 Å². The number of hydrogen-bond donors (Lipinski definition) is 1. The normalized spacial score (nSPS) is 11.5. The average molecular weight is 321 g/mol. The summed E-state index contributed by atoms with van der Waals surface area (Å²) in [6.07, 6.45) is 3.69. The van der Waals surface area contributed by atoms with Crippen molar-refractivity contribution in [2.24, 2.45) is 0 Å². The first-order chi connectivity index (χ1) is 11.7. The second-order valence-corrected chi connectivity index (χ2v) is 5.27. The van der Waals surface area contributed by atoms with Crippen LogP contribution in [0.5, 0.6) is 5.75 Å². The van der Waals surface area contributed by atoms with Crippen LogP contribution in [0.25, 0.3) is 22.6 Å². The van der Waals surface area contributed by atoms with Crippen LogP contribution in [0.1, 0.15) is 18.1 Å². The van der Waals surface area contributed by atoms with Crippen LogP contribution < -0.4 is 4.74 Å². The van der Waals surface area contributed by atoms with Crippen molar-refractivity contribution >= 4 is 28.5 Å². The summed E-state index contributed by atoms with van der Waals surface area (Å²) in [5, 5.41) is 0.921. The van der Waals surface area contributed by atoms with E-state index in [2.05, 4.69) is 4.98 Å². The molecule has 1 N–H and O–H groups in total. The van der Waals surface area contributed by atoms with Gasteiger partial charge >= 0.3 is 5.97 Å². The number of fused-ring (bicyclic) bond motifs is 1. The number of H-pyrrole nitrogens is 1. The number of hydrogen-bond acceptors (Lipinski definition) is 3. The van der Waals surface area contributed by atoms with Gasteiger partial charge in [-0.25, -0.2) is 4.79 Å². The molecule has 0 spiro atoms. The minimum absolute atomic E-state index is 0.331. The Kier molecular flexibility index (Phi) is 4.66. The fraction of sp³-hybridized carbons (Fsp3) is 0.150. The van der Waals surface area contributed by atoms with Crippen LogP contribution in [0.4, 0.5) is 0 Å². The molecule has 3 rings (SSSR count). The second kappa shape index (κ2) is 7.04. The molecule has 4 heteroatoms. The zero-order chi connectivity index (χ0) is 16.9. The van der Waals surface area contributed by atoms with Crippen molar-refractivity contribution in [2.45, 2.75) is 6.92 Å².